The van der Waals surface area contributed by atoms with Crippen LogP contribution in [0, 0.1) is 119 Å². The summed E-state index contributed by atoms with van der Waals surface area (Å²) >= 11 is 11.7. The van der Waals surface area contributed by atoms with Gasteiger partial charge in [0.15, 0.2) is 23.1 Å². The first kappa shape index (κ1) is 89.1. The minimum absolute atomic E-state index is 0.0319. The Bertz CT molecular complexity index is 5800. The van der Waals surface area contributed by atoms with Crippen molar-refractivity contribution in [1.29, 1.82) is 0 Å². The third-order valence-electron chi connectivity index (χ3n) is 30.5. The number of carbonyl (C=O) groups is 4. The summed E-state index contributed by atoms with van der Waals surface area (Å²) in [6.07, 6.45) is 41.8. The minimum Gasteiger partial charge on any atom is -0.321 e. The number of fused-ring (bicyclic) bond motifs is 8. The zero-order valence-corrected chi connectivity index (χ0v) is 73.5. The van der Waals surface area contributed by atoms with Gasteiger partial charge in [-0.1, -0.05) is 47.2 Å². The van der Waals surface area contributed by atoms with Crippen LogP contribution in [0.5, 0.6) is 0 Å². The molecule has 8 N–H and O–H groups in total. The van der Waals surface area contributed by atoms with Gasteiger partial charge in [0.2, 0.25) is 0 Å². The van der Waals surface area contributed by atoms with E-state index in [2.05, 4.69) is 51.7 Å². The lowest BCUT2D eigenvalue weighted by Gasteiger charge is -2.31. The number of benzene rings is 4. The van der Waals surface area contributed by atoms with Gasteiger partial charge in [0, 0.05) is 101 Å². The number of aromatic nitrogens is 8. The highest BCUT2D eigenvalue weighted by atomic mass is 35.5. The molecule has 0 spiro atoms. The van der Waals surface area contributed by atoms with Crippen molar-refractivity contribution in [2.24, 2.45) is 93.9 Å². The fourth-order valence-corrected chi connectivity index (χ4v) is 23.9. The SMILES string of the molecule is C#Cc1ccc(CC(=O)C(N)C2C[C@H]3CC(c4ccnc5ccc(F)cc45)C[C@H]3C2)cn1.C#Cc1ccc(CC(=O)C(N)C2C[C@H]3CC(c4ccnc5ccc(F)cc45)C[C@H]3C2)nc1.CC(N)(C(=O)Cc1ccc(Cl)cn1)C1C[C@H]2CC(c3ccnc4ccc(F)cc34)C[C@H]2C1.CC(N)(C(=O)Cc1ccc(Cl)nc1)C1C[C@H]2CC(c3ccnc4ccc(F)cc34)C[C@H]2C1. The number of pyridine rings is 8. The molecule has 0 bridgehead atoms. The van der Waals surface area contributed by atoms with Gasteiger partial charge in [-0.2, -0.15) is 0 Å². The zero-order valence-electron chi connectivity index (χ0n) is 72.0. The Balaban J connectivity index is 0.000000120. The number of Topliss-reactive ketones (excluding diaryl/α,β-unsaturated/α-hetero) is 4. The van der Waals surface area contributed by atoms with Crippen LogP contribution in [-0.4, -0.2) is 86.2 Å². The number of carbonyl (C=O) groups excluding carboxylic acids is 4. The molecule has 8 aliphatic rings. The van der Waals surface area contributed by atoms with Crippen LogP contribution in [0.25, 0.3) is 43.6 Å². The molecule has 8 heterocycles. The van der Waals surface area contributed by atoms with E-state index in [1.807, 2.05) is 75.0 Å². The average molecular weight is 1760 g/mol. The van der Waals surface area contributed by atoms with E-state index in [1.165, 1.54) is 46.5 Å². The van der Waals surface area contributed by atoms with Gasteiger partial charge in [0.05, 0.1) is 63.1 Å². The van der Waals surface area contributed by atoms with Crippen LogP contribution in [0.1, 0.15) is 196 Å². The van der Waals surface area contributed by atoms with Gasteiger partial charge in [-0.15, -0.1) is 12.8 Å². The predicted molar refractivity (Wildman–Crippen MR) is 492 cm³/mol. The third kappa shape index (κ3) is 19.5. The Morgan fingerprint density at radius 1 is 0.383 bits per heavy atom. The molecule has 0 amide bonds. The van der Waals surface area contributed by atoms with Gasteiger partial charge in [-0.3, -0.25) is 49.1 Å². The van der Waals surface area contributed by atoms with Crippen molar-refractivity contribution in [2.75, 3.05) is 0 Å². The summed E-state index contributed by atoms with van der Waals surface area (Å²) in [4.78, 5) is 86.0. The van der Waals surface area contributed by atoms with E-state index >= 15 is 0 Å². The van der Waals surface area contributed by atoms with E-state index < -0.39 is 23.2 Å². The number of nitrogens with two attached hydrogens (primary N) is 4. The fourth-order valence-electron chi connectivity index (χ4n) is 23.7. The van der Waals surface area contributed by atoms with E-state index in [4.69, 9.17) is 59.0 Å². The summed E-state index contributed by atoms with van der Waals surface area (Å²) in [6.45, 7) is 3.77. The molecule has 0 aliphatic heterocycles. The number of hydrogen-bond donors (Lipinski definition) is 4. The Morgan fingerprint density at radius 2 is 0.734 bits per heavy atom. The standard InChI is InChI=1S/2C27H26FN3O.2C26H27ClFN3O/c1-2-22-5-3-16(15-31-22)9-26(32)27(29)20-12-17-10-19(11-18(17)13-20)23-7-8-30-25-6-4-21(28)14-24(23)25;1-2-16-3-5-22(31-15-16)14-26(32)27(29)20-11-17-9-19(10-18(17)12-20)23-7-8-30-25-6-4-21(28)13-24(23)25;1-26(29,24(32)8-15-2-5-25(27)31-14-15)19-11-16-9-18(10-17(16)12-19)21-6-7-30-23-4-3-20(28)13-22(21)23;1-26(29,25(32)13-21-4-2-19(27)14-31-21)18-10-15-8-17(9-16(15)11-18)22-6-7-30-24-5-3-20(28)12-23(22)24/h1,3-8,14-15,17-20,27H,9-13,29H2;1,3-8,13,15,17-20,27H,9-12,14,29H2;2-7,13-14,16-19H,8-12,29H2,1H3;2-7,12,14-18H,8-11,13,29H2,1H3/t2*17-,18+,19?,20?,27?;16-,17+,18?,19?,26?;15-,16+,17?,18?,26?. The first-order valence-electron chi connectivity index (χ1n) is 45.1. The third-order valence-corrected chi connectivity index (χ3v) is 30.9. The molecule has 20 atom stereocenters. The van der Waals surface area contributed by atoms with Crippen molar-refractivity contribution in [3.8, 4) is 24.7 Å². The molecule has 8 fully saturated rings. The van der Waals surface area contributed by atoms with Gasteiger partial charge in [0.25, 0.3) is 0 Å². The molecule has 8 aliphatic carbocycles. The predicted octanol–water partition coefficient (Wildman–Crippen LogP) is 19.8. The van der Waals surface area contributed by atoms with Crippen LogP contribution < -0.4 is 22.9 Å². The van der Waals surface area contributed by atoms with Crippen molar-refractivity contribution in [1.82, 2.24) is 39.9 Å². The smallest absolute Gasteiger partial charge is 0.158 e. The molecule has 12 unspecified atom stereocenters. The second kappa shape index (κ2) is 38.0. The average Bonchev–Trinajstić information content (AvgIpc) is 1.64. The molecule has 22 heteroatoms. The lowest BCUT2D eigenvalue weighted by Crippen LogP contribution is -2.51. The summed E-state index contributed by atoms with van der Waals surface area (Å²) in [5, 5.41) is 4.65. The molecule has 8 saturated carbocycles. The molecule has 656 valence electrons. The monoisotopic (exact) mass is 1760 g/mol. The molecule has 16 nitrogen and oxygen atoms in total. The van der Waals surface area contributed by atoms with Crippen molar-refractivity contribution in [3.05, 3.63) is 285 Å². The Hall–Kier alpha value is -10.9. The van der Waals surface area contributed by atoms with Crippen molar-refractivity contribution in [2.45, 2.75) is 189 Å². The number of ketones is 4. The maximum atomic E-state index is 13.9. The van der Waals surface area contributed by atoms with Gasteiger partial charge in [-0.05, 0) is 378 Å². The Morgan fingerprint density at radius 3 is 1.08 bits per heavy atom. The van der Waals surface area contributed by atoms with Crippen molar-refractivity contribution < 1.29 is 36.7 Å². The first-order valence-corrected chi connectivity index (χ1v) is 45.8. The molecular weight excluding hydrogens is 1650 g/mol. The fraction of sp³-hybridized carbons (Fsp3) is 0.396. The number of terminal acetylenes is 2. The lowest BCUT2D eigenvalue weighted by molar-refractivity contribution is -0.125. The van der Waals surface area contributed by atoms with E-state index in [-0.39, 0.29) is 89.3 Å². The molecule has 128 heavy (non-hydrogen) atoms. The summed E-state index contributed by atoms with van der Waals surface area (Å²) in [5.74, 6) is 11.2. The molecule has 8 aromatic heterocycles. The van der Waals surface area contributed by atoms with Gasteiger partial charge in [-0.25, -0.2) is 27.5 Å². The van der Waals surface area contributed by atoms with E-state index in [1.54, 1.807) is 110 Å². The summed E-state index contributed by atoms with van der Waals surface area (Å²) in [7, 11) is 0. The molecule has 0 radical (unpaired) electrons. The normalized spacial score (nSPS) is 26.1. The van der Waals surface area contributed by atoms with Crippen LogP contribution in [0.3, 0.4) is 0 Å². The summed E-state index contributed by atoms with van der Waals surface area (Å²) < 4.78 is 55.5. The van der Waals surface area contributed by atoms with Crippen LogP contribution in [0.15, 0.2) is 195 Å². The number of hydrogen-bond acceptors (Lipinski definition) is 16. The first-order chi connectivity index (χ1) is 61.6. The summed E-state index contributed by atoms with van der Waals surface area (Å²) in [5.41, 5.74) is 36.9. The van der Waals surface area contributed by atoms with Crippen LogP contribution in [0.2, 0.25) is 10.2 Å². The van der Waals surface area contributed by atoms with E-state index in [9.17, 15) is 36.7 Å². The number of rotatable bonds is 20. The van der Waals surface area contributed by atoms with Gasteiger partial charge >= 0.3 is 0 Å². The molecule has 12 aromatic rings. The Kier molecular flexibility index (Phi) is 26.4. The molecule has 20 rings (SSSR count). The highest BCUT2D eigenvalue weighted by Crippen LogP contribution is 2.59. The molecule has 0 saturated heterocycles. The second-order valence-corrected chi connectivity index (χ2v) is 39.1. The summed E-state index contributed by atoms with van der Waals surface area (Å²) in [6, 6.07) is 40.8. The van der Waals surface area contributed by atoms with Crippen LogP contribution >= 0.6 is 23.2 Å². The highest BCUT2D eigenvalue weighted by Gasteiger charge is 2.52. The zero-order chi connectivity index (χ0) is 89.4. The topological polar surface area (TPSA) is 275 Å². The number of halogens is 6. The maximum Gasteiger partial charge on any atom is 0.158 e. The second-order valence-electron chi connectivity index (χ2n) is 38.2. The minimum atomic E-state index is -0.867. The quantitative estimate of drug-likeness (QED) is 0.0314. The molecular formula is C106H106Cl2F4N12O4. The van der Waals surface area contributed by atoms with Crippen molar-refractivity contribution >= 4 is 89.9 Å². The van der Waals surface area contributed by atoms with Crippen LogP contribution in [-0.2, 0) is 44.9 Å². The number of nitrogens with zero attached hydrogens (tertiary/aromatic N) is 8. The van der Waals surface area contributed by atoms with Crippen molar-refractivity contribution in [3.63, 3.8) is 0 Å². The van der Waals surface area contributed by atoms with Gasteiger partial charge < -0.3 is 22.9 Å². The maximum absolute atomic E-state index is 13.9. The van der Waals surface area contributed by atoms with Crippen LogP contribution in [0.4, 0.5) is 17.6 Å². The van der Waals surface area contributed by atoms with Gasteiger partial charge in [0.1, 0.15) is 34.1 Å². The van der Waals surface area contributed by atoms with E-state index in [0.29, 0.717) is 110 Å². The van der Waals surface area contributed by atoms with E-state index in [0.717, 1.165) is 157 Å². The molecule has 4 aromatic carbocycles. The lowest BCUT2D eigenvalue weighted by atomic mass is 9.77. The Labute approximate surface area is 754 Å². The highest BCUT2D eigenvalue weighted by molar-refractivity contribution is 6.30. The largest absolute Gasteiger partial charge is 0.321 e.